The van der Waals surface area contributed by atoms with Crippen molar-refractivity contribution >= 4 is 10.9 Å². The topological polar surface area (TPSA) is 52.5 Å². The number of hydrogen-bond acceptors (Lipinski definition) is 2. The van der Waals surface area contributed by atoms with Crippen molar-refractivity contribution in [1.82, 2.24) is 10.2 Å². The highest BCUT2D eigenvalue weighted by Gasteiger charge is 2.04. The van der Waals surface area contributed by atoms with Gasteiger partial charge in [0.1, 0.15) is 0 Å². The first-order valence-electron chi connectivity index (χ1n) is 4.14. The maximum absolute atomic E-state index is 8.74. The third kappa shape index (κ3) is 1.27. The first-order chi connectivity index (χ1) is 6.31. The van der Waals surface area contributed by atoms with Crippen molar-refractivity contribution in [3.8, 4) is 6.07 Å². The van der Waals surface area contributed by atoms with E-state index in [-0.39, 0.29) is 5.92 Å². The molecule has 1 N–H and O–H groups in total. The predicted molar refractivity (Wildman–Crippen MR) is 50.1 cm³/mol. The zero-order chi connectivity index (χ0) is 9.26. The number of nitrogens with one attached hydrogen (secondary N) is 1. The zero-order valence-corrected chi connectivity index (χ0v) is 7.28. The van der Waals surface area contributed by atoms with Gasteiger partial charge in [0.25, 0.3) is 0 Å². The Balaban J connectivity index is 2.55. The van der Waals surface area contributed by atoms with Gasteiger partial charge in [0.2, 0.25) is 0 Å². The van der Waals surface area contributed by atoms with Gasteiger partial charge < -0.3 is 0 Å². The van der Waals surface area contributed by atoms with Crippen molar-refractivity contribution < 1.29 is 0 Å². The number of rotatable bonds is 1. The summed E-state index contributed by atoms with van der Waals surface area (Å²) in [7, 11) is 0. The molecule has 2 rings (SSSR count). The lowest BCUT2D eigenvalue weighted by atomic mass is 10.0. The highest BCUT2D eigenvalue weighted by atomic mass is 15.1. The van der Waals surface area contributed by atoms with Gasteiger partial charge in [-0.25, -0.2) is 0 Å². The van der Waals surface area contributed by atoms with E-state index in [0.29, 0.717) is 0 Å². The number of hydrogen-bond donors (Lipinski definition) is 1. The minimum absolute atomic E-state index is 0.0623. The molecule has 0 aliphatic rings. The van der Waals surface area contributed by atoms with Crippen LogP contribution >= 0.6 is 0 Å². The van der Waals surface area contributed by atoms with Gasteiger partial charge in [0, 0.05) is 5.39 Å². The van der Waals surface area contributed by atoms with Gasteiger partial charge in [-0.2, -0.15) is 10.4 Å². The number of benzene rings is 1. The second-order valence-electron chi connectivity index (χ2n) is 3.07. The molecule has 0 bridgehead atoms. The number of nitrogens with zero attached hydrogens (tertiary/aromatic N) is 2. The van der Waals surface area contributed by atoms with Gasteiger partial charge in [-0.3, -0.25) is 5.10 Å². The Kier molecular flexibility index (Phi) is 1.75. The standard InChI is InChI=1S/C10H9N3/c1-7(5-11)8-2-3-9-6-12-13-10(9)4-8/h2-4,6-7H,1H3,(H,12,13). The van der Waals surface area contributed by atoms with Gasteiger partial charge in [0.15, 0.2) is 0 Å². The van der Waals surface area contributed by atoms with Crippen molar-refractivity contribution in [1.29, 1.82) is 5.26 Å². The molecular formula is C10H9N3. The van der Waals surface area contributed by atoms with Crippen LogP contribution in [0.1, 0.15) is 18.4 Å². The minimum atomic E-state index is -0.0623. The van der Waals surface area contributed by atoms with Crippen LogP contribution < -0.4 is 0 Å². The monoisotopic (exact) mass is 171 g/mol. The largest absolute Gasteiger partial charge is 0.278 e. The molecule has 0 amide bonds. The van der Waals surface area contributed by atoms with Crippen LogP contribution in [0.2, 0.25) is 0 Å². The maximum atomic E-state index is 8.74. The van der Waals surface area contributed by atoms with Crippen molar-refractivity contribution in [3.05, 3.63) is 30.0 Å². The number of aromatic nitrogens is 2. The molecule has 1 heterocycles. The summed E-state index contributed by atoms with van der Waals surface area (Å²) >= 11 is 0. The summed E-state index contributed by atoms with van der Waals surface area (Å²) in [6.07, 6.45) is 1.77. The SMILES string of the molecule is CC(C#N)c1ccc2cn[nH]c2c1. The molecule has 0 spiro atoms. The highest BCUT2D eigenvalue weighted by Crippen LogP contribution is 2.19. The summed E-state index contributed by atoms with van der Waals surface area (Å²) in [6.45, 7) is 1.89. The second-order valence-corrected chi connectivity index (χ2v) is 3.07. The Labute approximate surface area is 76.0 Å². The van der Waals surface area contributed by atoms with Gasteiger partial charge in [-0.05, 0) is 18.6 Å². The summed E-state index contributed by atoms with van der Waals surface area (Å²) in [5, 5.41) is 16.6. The molecule has 0 saturated heterocycles. The molecule has 0 fully saturated rings. The van der Waals surface area contributed by atoms with Crippen molar-refractivity contribution in [2.45, 2.75) is 12.8 Å². The molecule has 64 valence electrons. The van der Waals surface area contributed by atoms with E-state index in [1.54, 1.807) is 6.20 Å². The molecule has 0 aliphatic heterocycles. The molecule has 0 aliphatic carbocycles. The van der Waals surface area contributed by atoms with Crippen LogP contribution in [0.25, 0.3) is 10.9 Å². The number of H-pyrrole nitrogens is 1. The Morgan fingerprint density at radius 1 is 1.54 bits per heavy atom. The van der Waals surface area contributed by atoms with E-state index in [2.05, 4.69) is 16.3 Å². The molecule has 1 aromatic heterocycles. The lowest BCUT2D eigenvalue weighted by Crippen LogP contribution is -1.88. The molecule has 1 atom stereocenters. The lowest BCUT2D eigenvalue weighted by Gasteiger charge is -2.01. The normalized spacial score (nSPS) is 12.6. The molecule has 13 heavy (non-hydrogen) atoms. The number of fused-ring (bicyclic) bond motifs is 1. The van der Waals surface area contributed by atoms with E-state index in [1.807, 2.05) is 25.1 Å². The third-order valence-corrected chi connectivity index (χ3v) is 2.16. The van der Waals surface area contributed by atoms with Gasteiger partial charge in [-0.15, -0.1) is 0 Å². The summed E-state index contributed by atoms with van der Waals surface area (Å²) in [6, 6.07) is 8.11. The quantitative estimate of drug-likeness (QED) is 0.715. The van der Waals surface area contributed by atoms with E-state index >= 15 is 0 Å². The van der Waals surface area contributed by atoms with Gasteiger partial charge >= 0.3 is 0 Å². The van der Waals surface area contributed by atoms with Crippen LogP contribution in [0.15, 0.2) is 24.4 Å². The van der Waals surface area contributed by atoms with Crippen LogP contribution in [-0.4, -0.2) is 10.2 Å². The summed E-state index contributed by atoms with van der Waals surface area (Å²) in [5.41, 5.74) is 2.01. The van der Waals surface area contributed by atoms with E-state index in [9.17, 15) is 0 Å². The van der Waals surface area contributed by atoms with Gasteiger partial charge in [-0.1, -0.05) is 12.1 Å². The fraction of sp³-hybridized carbons (Fsp3) is 0.200. The van der Waals surface area contributed by atoms with E-state index in [4.69, 9.17) is 5.26 Å². The third-order valence-electron chi connectivity index (χ3n) is 2.16. The molecular weight excluding hydrogens is 162 g/mol. The fourth-order valence-electron chi connectivity index (χ4n) is 1.30. The summed E-state index contributed by atoms with van der Waals surface area (Å²) in [5.74, 6) is -0.0623. The predicted octanol–water partition coefficient (Wildman–Crippen LogP) is 2.19. The summed E-state index contributed by atoms with van der Waals surface area (Å²) < 4.78 is 0. The molecule has 3 heteroatoms. The first kappa shape index (κ1) is 7.81. The molecule has 1 aromatic carbocycles. The Bertz CT molecular complexity index is 464. The maximum Gasteiger partial charge on any atom is 0.0700 e. The first-order valence-corrected chi connectivity index (χ1v) is 4.14. The molecule has 0 saturated carbocycles. The minimum Gasteiger partial charge on any atom is -0.278 e. The number of nitriles is 1. The van der Waals surface area contributed by atoms with Crippen LogP contribution in [-0.2, 0) is 0 Å². The number of aromatic amines is 1. The Hall–Kier alpha value is -1.82. The van der Waals surface area contributed by atoms with Crippen LogP contribution in [0.3, 0.4) is 0 Å². The van der Waals surface area contributed by atoms with Crippen LogP contribution in [0.5, 0.6) is 0 Å². The van der Waals surface area contributed by atoms with Crippen molar-refractivity contribution in [2.75, 3.05) is 0 Å². The van der Waals surface area contributed by atoms with Crippen molar-refractivity contribution in [2.24, 2.45) is 0 Å². The van der Waals surface area contributed by atoms with Crippen molar-refractivity contribution in [3.63, 3.8) is 0 Å². The molecule has 3 nitrogen and oxygen atoms in total. The van der Waals surface area contributed by atoms with E-state index < -0.39 is 0 Å². The Morgan fingerprint density at radius 2 is 2.38 bits per heavy atom. The Morgan fingerprint density at radius 3 is 3.15 bits per heavy atom. The molecule has 2 aromatic rings. The second kappa shape index (κ2) is 2.91. The zero-order valence-electron chi connectivity index (χ0n) is 7.28. The fourth-order valence-corrected chi connectivity index (χ4v) is 1.30. The van der Waals surface area contributed by atoms with E-state index in [0.717, 1.165) is 16.5 Å². The average molecular weight is 171 g/mol. The average Bonchev–Trinajstić information content (AvgIpc) is 2.63. The lowest BCUT2D eigenvalue weighted by molar-refractivity contribution is 0.983. The molecule has 1 unspecified atom stereocenters. The van der Waals surface area contributed by atoms with Crippen LogP contribution in [0.4, 0.5) is 0 Å². The smallest absolute Gasteiger partial charge is 0.0700 e. The molecule has 0 radical (unpaired) electrons. The van der Waals surface area contributed by atoms with E-state index in [1.165, 1.54) is 0 Å². The van der Waals surface area contributed by atoms with Crippen LogP contribution in [0, 0.1) is 11.3 Å². The highest BCUT2D eigenvalue weighted by molar-refractivity contribution is 5.78. The van der Waals surface area contributed by atoms with Gasteiger partial charge in [0.05, 0.1) is 23.7 Å². The summed E-state index contributed by atoms with van der Waals surface area (Å²) in [4.78, 5) is 0.